The number of H-pyrrole nitrogens is 1. The van der Waals surface area contributed by atoms with Crippen molar-refractivity contribution >= 4 is 47.4 Å². The predicted molar refractivity (Wildman–Crippen MR) is 97.9 cm³/mol. The lowest BCUT2D eigenvalue weighted by molar-refractivity contribution is -0.119. The van der Waals surface area contributed by atoms with Gasteiger partial charge in [0.15, 0.2) is 11.6 Å². The molecule has 0 aliphatic carbocycles. The third kappa shape index (κ3) is 3.56. The second kappa shape index (κ2) is 7.70. The first-order valence-corrected chi connectivity index (χ1v) is 7.35. The molecule has 1 atom stereocenters. The molecule has 4 rings (SSSR count). The van der Waals surface area contributed by atoms with Crippen molar-refractivity contribution in [1.29, 1.82) is 0 Å². The van der Waals surface area contributed by atoms with Crippen molar-refractivity contribution in [3.05, 3.63) is 36.6 Å². The van der Waals surface area contributed by atoms with Gasteiger partial charge in [0.25, 0.3) is 0 Å². The highest BCUT2D eigenvalue weighted by atomic mass is 35.5. The highest BCUT2D eigenvalue weighted by Gasteiger charge is 2.22. The van der Waals surface area contributed by atoms with E-state index < -0.39 is 0 Å². The number of halogens is 2. The van der Waals surface area contributed by atoms with E-state index in [1.165, 1.54) is 0 Å². The lowest BCUT2D eigenvalue weighted by atomic mass is 10.1. The second-order valence-electron chi connectivity index (χ2n) is 5.47. The molecule has 3 aromatic rings. The number of carbonyl (C=O) groups is 1. The smallest absolute Gasteiger partial charge is 0.228 e. The molecular weight excluding hydrogens is 351 g/mol. The molecule has 1 fully saturated rings. The maximum absolute atomic E-state index is 12.2. The summed E-state index contributed by atoms with van der Waals surface area (Å²) in [4.78, 5) is 19.8. The molecule has 2 aromatic heterocycles. The molecule has 0 bridgehead atoms. The van der Waals surface area contributed by atoms with Crippen molar-refractivity contribution in [3.63, 3.8) is 0 Å². The molecule has 128 valence electrons. The van der Waals surface area contributed by atoms with Crippen molar-refractivity contribution < 1.29 is 9.21 Å². The number of nitrogens with zero attached hydrogens (tertiary/aromatic N) is 1. The summed E-state index contributed by atoms with van der Waals surface area (Å²) >= 11 is 0. The van der Waals surface area contributed by atoms with Gasteiger partial charge in [-0.2, -0.15) is 0 Å². The van der Waals surface area contributed by atoms with Crippen LogP contribution in [0.3, 0.4) is 0 Å². The van der Waals surface area contributed by atoms with E-state index in [0.717, 1.165) is 36.2 Å². The predicted octanol–water partition coefficient (Wildman–Crippen LogP) is 3.21. The van der Waals surface area contributed by atoms with Crippen molar-refractivity contribution in [2.45, 2.75) is 6.42 Å². The highest BCUT2D eigenvalue weighted by molar-refractivity contribution is 5.95. The first-order chi connectivity index (χ1) is 10.8. The number of aromatic amines is 1. The molecule has 1 amide bonds. The molecule has 1 aromatic carbocycles. The second-order valence-corrected chi connectivity index (χ2v) is 5.47. The lowest BCUT2D eigenvalue weighted by Crippen LogP contribution is -2.24. The standard InChI is InChI=1S/C16H16N4O2.2ClH/c21-16(10-5-6-17-9-10)18-11-3-4-12-13(8-11)20-15(19-12)14-2-1-7-22-14;;/h1-4,7-8,10,17H,5-6,9H2,(H,18,21)(H,19,20);2*1H. The van der Waals surface area contributed by atoms with Crippen LogP contribution in [0.25, 0.3) is 22.6 Å². The summed E-state index contributed by atoms with van der Waals surface area (Å²) in [6.45, 7) is 1.66. The van der Waals surface area contributed by atoms with Crippen LogP contribution in [0.5, 0.6) is 0 Å². The molecule has 0 radical (unpaired) electrons. The minimum absolute atomic E-state index is 0. The average Bonchev–Trinajstić information content (AvgIpc) is 3.26. The number of nitrogens with one attached hydrogen (secondary N) is 3. The van der Waals surface area contributed by atoms with E-state index in [4.69, 9.17) is 4.42 Å². The zero-order valence-electron chi connectivity index (χ0n) is 12.7. The summed E-state index contributed by atoms with van der Waals surface area (Å²) in [7, 11) is 0. The quantitative estimate of drug-likeness (QED) is 0.662. The normalized spacial score (nSPS) is 16.4. The number of rotatable bonds is 3. The molecule has 3 heterocycles. The summed E-state index contributed by atoms with van der Waals surface area (Å²) in [5, 5.41) is 6.17. The number of hydrogen-bond donors (Lipinski definition) is 3. The molecule has 8 heteroatoms. The summed E-state index contributed by atoms with van der Waals surface area (Å²) in [6, 6.07) is 9.34. The van der Waals surface area contributed by atoms with E-state index in [9.17, 15) is 4.79 Å². The third-order valence-corrected chi connectivity index (χ3v) is 3.94. The lowest BCUT2D eigenvalue weighted by Gasteiger charge is -2.09. The van der Waals surface area contributed by atoms with Gasteiger partial charge in [-0.15, -0.1) is 24.8 Å². The van der Waals surface area contributed by atoms with Gasteiger partial charge in [-0.1, -0.05) is 0 Å². The Hall–Kier alpha value is -2.02. The minimum Gasteiger partial charge on any atom is -0.461 e. The van der Waals surface area contributed by atoms with Crippen LogP contribution in [0.2, 0.25) is 0 Å². The Bertz CT molecular complexity index is 811. The van der Waals surface area contributed by atoms with Gasteiger partial charge in [0.1, 0.15) is 0 Å². The number of anilines is 1. The number of aromatic nitrogens is 2. The average molecular weight is 369 g/mol. The maximum Gasteiger partial charge on any atom is 0.228 e. The first-order valence-electron chi connectivity index (χ1n) is 7.35. The molecule has 0 saturated carbocycles. The van der Waals surface area contributed by atoms with Gasteiger partial charge in [-0.05, 0) is 43.3 Å². The molecule has 24 heavy (non-hydrogen) atoms. The van der Waals surface area contributed by atoms with Crippen molar-refractivity contribution in [2.75, 3.05) is 18.4 Å². The zero-order chi connectivity index (χ0) is 14.9. The van der Waals surface area contributed by atoms with Gasteiger partial charge in [-0.25, -0.2) is 4.98 Å². The molecule has 1 aliphatic heterocycles. The summed E-state index contributed by atoms with van der Waals surface area (Å²) < 4.78 is 5.34. The van der Waals surface area contributed by atoms with Gasteiger partial charge < -0.3 is 20.0 Å². The Morgan fingerprint density at radius 1 is 1.29 bits per heavy atom. The largest absolute Gasteiger partial charge is 0.461 e. The fourth-order valence-corrected chi connectivity index (χ4v) is 2.74. The van der Waals surface area contributed by atoms with Crippen molar-refractivity contribution in [3.8, 4) is 11.6 Å². The molecule has 1 unspecified atom stereocenters. The number of fused-ring (bicyclic) bond motifs is 1. The fraction of sp³-hybridized carbons (Fsp3) is 0.250. The minimum atomic E-state index is 0. The third-order valence-electron chi connectivity index (χ3n) is 3.94. The summed E-state index contributed by atoms with van der Waals surface area (Å²) in [6.07, 6.45) is 2.50. The van der Waals surface area contributed by atoms with Crippen molar-refractivity contribution in [1.82, 2.24) is 15.3 Å². The van der Waals surface area contributed by atoms with E-state index in [2.05, 4.69) is 20.6 Å². The van der Waals surface area contributed by atoms with E-state index in [-0.39, 0.29) is 36.6 Å². The van der Waals surface area contributed by atoms with Crippen molar-refractivity contribution in [2.24, 2.45) is 5.92 Å². The van der Waals surface area contributed by atoms with Crippen LogP contribution in [0, 0.1) is 5.92 Å². The van der Waals surface area contributed by atoms with Gasteiger partial charge >= 0.3 is 0 Å². The monoisotopic (exact) mass is 368 g/mol. The van der Waals surface area contributed by atoms with E-state index in [0.29, 0.717) is 11.6 Å². The Balaban J connectivity index is 0.00000104. The molecular formula is C16H18Cl2N4O2. The number of benzene rings is 1. The molecule has 3 N–H and O–H groups in total. The Morgan fingerprint density at radius 2 is 2.17 bits per heavy atom. The van der Waals surface area contributed by atoms with Crippen LogP contribution in [-0.4, -0.2) is 29.0 Å². The molecule has 6 nitrogen and oxygen atoms in total. The molecule has 0 spiro atoms. The molecule has 1 saturated heterocycles. The topological polar surface area (TPSA) is 83.0 Å². The van der Waals surface area contributed by atoms with Crippen LogP contribution < -0.4 is 10.6 Å². The SMILES string of the molecule is Cl.Cl.O=C(Nc1ccc2nc(-c3ccco3)[nH]c2c1)C1CCNC1. The van der Waals surface area contributed by atoms with E-state index in [1.54, 1.807) is 6.26 Å². The summed E-state index contributed by atoms with van der Waals surface area (Å²) in [5.74, 6) is 1.49. The maximum atomic E-state index is 12.2. The number of amides is 1. The molecule has 1 aliphatic rings. The Labute approximate surface area is 151 Å². The van der Waals surface area contributed by atoms with Crippen LogP contribution in [0.4, 0.5) is 5.69 Å². The van der Waals surface area contributed by atoms with E-state index >= 15 is 0 Å². The first kappa shape index (κ1) is 18.3. The summed E-state index contributed by atoms with van der Waals surface area (Å²) in [5.41, 5.74) is 2.49. The highest BCUT2D eigenvalue weighted by Crippen LogP contribution is 2.23. The van der Waals surface area contributed by atoms with Gasteiger partial charge in [-0.3, -0.25) is 4.79 Å². The number of hydrogen-bond acceptors (Lipinski definition) is 4. The van der Waals surface area contributed by atoms with Crippen LogP contribution in [0.15, 0.2) is 41.0 Å². The van der Waals surface area contributed by atoms with Gasteiger partial charge in [0.05, 0.1) is 23.2 Å². The van der Waals surface area contributed by atoms with Crippen LogP contribution >= 0.6 is 24.8 Å². The van der Waals surface area contributed by atoms with Gasteiger partial charge in [0.2, 0.25) is 5.91 Å². The Kier molecular flexibility index (Phi) is 5.88. The number of furan rings is 1. The number of carbonyl (C=O) groups excluding carboxylic acids is 1. The van der Waals surface area contributed by atoms with E-state index in [1.807, 2.05) is 30.3 Å². The van der Waals surface area contributed by atoms with Crippen LogP contribution in [-0.2, 0) is 4.79 Å². The number of imidazole rings is 1. The fourth-order valence-electron chi connectivity index (χ4n) is 2.74. The van der Waals surface area contributed by atoms with Gasteiger partial charge in [0, 0.05) is 12.2 Å². The Morgan fingerprint density at radius 3 is 2.88 bits per heavy atom. The van der Waals surface area contributed by atoms with Crippen LogP contribution in [0.1, 0.15) is 6.42 Å². The zero-order valence-corrected chi connectivity index (χ0v) is 14.4.